The molecule has 0 aliphatic carbocycles. The topological polar surface area (TPSA) is 43.9 Å². The minimum atomic E-state index is -0.329. The van der Waals surface area contributed by atoms with Gasteiger partial charge in [0.2, 0.25) is 5.91 Å². The van der Waals surface area contributed by atoms with Crippen molar-refractivity contribution in [3.63, 3.8) is 0 Å². The molecule has 1 saturated heterocycles. The Morgan fingerprint density at radius 1 is 1.30 bits per heavy atom. The van der Waals surface area contributed by atoms with Gasteiger partial charge in [-0.15, -0.1) is 0 Å². The molecule has 1 aromatic carbocycles. The number of carbonyl (C=O) groups is 2. The van der Waals surface area contributed by atoms with Gasteiger partial charge < -0.3 is 14.7 Å². The van der Waals surface area contributed by atoms with E-state index in [1.807, 2.05) is 50.3 Å². The van der Waals surface area contributed by atoms with Gasteiger partial charge in [-0.05, 0) is 24.6 Å². The van der Waals surface area contributed by atoms with E-state index in [9.17, 15) is 9.59 Å². The van der Waals surface area contributed by atoms with Crippen LogP contribution >= 0.6 is 0 Å². The lowest BCUT2D eigenvalue weighted by atomic mass is 10.0. The highest BCUT2D eigenvalue weighted by molar-refractivity contribution is 5.98. The number of amides is 2. The summed E-state index contributed by atoms with van der Waals surface area (Å²) in [5.41, 5.74) is 1.64. The van der Waals surface area contributed by atoms with E-state index in [1.165, 1.54) is 0 Å². The van der Waals surface area contributed by atoms with Gasteiger partial charge in [0, 0.05) is 45.5 Å². The maximum Gasteiger partial charge on any atom is 0.254 e. The predicted octanol–water partition coefficient (Wildman–Crippen LogP) is 2.23. The molecule has 5 nitrogen and oxygen atoms in total. The molecular weight excluding hydrogens is 290 g/mol. The summed E-state index contributed by atoms with van der Waals surface area (Å²) < 4.78 is 0. The highest BCUT2D eigenvalue weighted by Crippen LogP contribution is 2.21. The molecule has 1 aliphatic heterocycles. The van der Waals surface area contributed by atoms with E-state index in [2.05, 4.69) is 6.92 Å². The zero-order chi connectivity index (χ0) is 17.0. The number of unbranched alkanes of at least 4 members (excludes halogenated alkanes) is 1. The van der Waals surface area contributed by atoms with Crippen molar-refractivity contribution < 1.29 is 9.59 Å². The summed E-state index contributed by atoms with van der Waals surface area (Å²) in [5.74, 6) is 0.0121. The molecule has 0 N–H and O–H groups in total. The van der Waals surface area contributed by atoms with E-state index in [-0.39, 0.29) is 17.9 Å². The molecule has 1 fully saturated rings. The van der Waals surface area contributed by atoms with Crippen LogP contribution in [-0.2, 0) is 4.79 Å². The Hall–Kier alpha value is -2.04. The summed E-state index contributed by atoms with van der Waals surface area (Å²) in [6, 6.07) is 7.25. The van der Waals surface area contributed by atoms with E-state index in [4.69, 9.17) is 0 Å². The summed E-state index contributed by atoms with van der Waals surface area (Å²) >= 11 is 0. The first-order chi connectivity index (χ1) is 11.0. The maximum absolute atomic E-state index is 12.9. The molecule has 1 aromatic rings. The summed E-state index contributed by atoms with van der Waals surface area (Å²) in [7, 11) is 5.72. The van der Waals surface area contributed by atoms with Gasteiger partial charge in [0.1, 0.15) is 6.04 Å². The molecule has 0 saturated carbocycles. The van der Waals surface area contributed by atoms with Gasteiger partial charge in [-0.25, -0.2) is 0 Å². The highest BCUT2D eigenvalue weighted by Gasteiger charge is 2.35. The zero-order valence-corrected chi connectivity index (χ0v) is 14.6. The third-order valence-corrected chi connectivity index (χ3v) is 4.42. The fourth-order valence-corrected chi connectivity index (χ4v) is 2.91. The van der Waals surface area contributed by atoms with E-state index < -0.39 is 0 Å². The molecule has 1 heterocycles. The van der Waals surface area contributed by atoms with Crippen molar-refractivity contribution in [2.45, 2.75) is 32.2 Å². The number of hydrogen-bond acceptors (Lipinski definition) is 3. The van der Waals surface area contributed by atoms with Crippen molar-refractivity contribution in [1.82, 2.24) is 9.80 Å². The predicted molar refractivity (Wildman–Crippen MR) is 92.8 cm³/mol. The van der Waals surface area contributed by atoms with Crippen LogP contribution in [0.25, 0.3) is 0 Å². The van der Waals surface area contributed by atoms with Gasteiger partial charge in [-0.1, -0.05) is 25.8 Å². The Balaban J connectivity index is 2.24. The fourth-order valence-electron chi connectivity index (χ4n) is 2.91. The normalized spacial score (nSPS) is 18.3. The number of hydrogen-bond donors (Lipinski definition) is 0. The lowest BCUT2D eigenvalue weighted by molar-refractivity contribution is -0.138. The van der Waals surface area contributed by atoms with Crippen LogP contribution in [0.3, 0.4) is 0 Å². The van der Waals surface area contributed by atoms with Crippen LogP contribution in [0, 0.1) is 0 Å². The van der Waals surface area contributed by atoms with Crippen molar-refractivity contribution in [1.29, 1.82) is 0 Å². The molecule has 1 aliphatic rings. The van der Waals surface area contributed by atoms with Crippen LogP contribution in [0.4, 0.5) is 5.69 Å². The highest BCUT2D eigenvalue weighted by atomic mass is 16.2. The maximum atomic E-state index is 12.9. The van der Waals surface area contributed by atoms with Gasteiger partial charge in [0.25, 0.3) is 5.91 Å². The van der Waals surface area contributed by atoms with Crippen LogP contribution in [0.15, 0.2) is 24.3 Å². The molecule has 126 valence electrons. The first kappa shape index (κ1) is 17.3. The Morgan fingerprint density at radius 2 is 2.04 bits per heavy atom. The van der Waals surface area contributed by atoms with E-state index >= 15 is 0 Å². The quantitative estimate of drug-likeness (QED) is 0.836. The molecule has 0 aromatic heterocycles. The Morgan fingerprint density at radius 3 is 2.70 bits per heavy atom. The monoisotopic (exact) mass is 317 g/mol. The number of carbonyl (C=O) groups excluding carboxylic acids is 2. The standard InChI is InChI=1S/C18H27N3O2/c1-5-6-10-16-18(23)20(4)11-12-21(16)17(22)14-8-7-9-15(13-14)19(2)3/h7-9,13,16H,5-6,10-12H2,1-4H3. The molecular formula is C18H27N3O2. The van der Waals surface area contributed by atoms with Crippen LogP contribution in [0.1, 0.15) is 36.5 Å². The first-order valence-electron chi connectivity index (χ1n) is 8.29. The second-order valence-electron chi connectivity index (χ2n) is 6.36. The molecule has 0 bridgehead atoms. The number of benzene rings is 1. The zero-order valence-electron chi connectivity index (χ0n) is 14.6. The largest absolute Gasteiger partial charge is 0.378 e. The molecule has 1 atom stereocenters. The number of likely N-dealkylation sites (N-methyl/N-ethyl adjacent to an activating group) is 1. The summed E-state index contributed by atoms with van der Waals surface area (Å²) in [5, 5.41) is 0. The number of nitrogens with zero attached hydrogens (tertiary/aromatic N) is 3. The van der Waals surface area contributed by atoms with Crippen LogP contribution < -0.4 is 4.90 Å². The van der Waals surface area contributed by atoms with Gasteiger partial charge in [0.15, 0.2) is 0 Å². The van der Waals surface area contributed by atoms with Gasteiger partial charge in [-0.2, -0.15) is 0 Å². The molecule has 2 amide bonds. The minimum absolute atomic E-state index is 0.0451. The molecule has 0 spiro atoms. The molecule has 5 heteroatoms. The van der Waals surface area contributed by atoms with Crippen molar-refractivity contribution in [2.24, 2.45) is 0 Å². The summed E-state index contributed by atoms with van der Waals surface area (Å²) in [6.07, 6.45) is 2.70. The number of anilines is 1. The second-order valence-corrected chi connectivity index (χ2v) is 6.36. The molecule has 23 heavy (non-hydrogen) atoms. The van der Waals surface area contributed by atoms with Gasteiger partial charge >= 0.3 is 0 Å². The van der Waals surface area contributed by atoms with Crippen molar-refractivity contribution in [2.75, 3.05) is 39.1 Å². The van der Waals surface area contributed by atoms with E-state index in [0.29, 0.717) is 18.7 Å². The SMILES string of the molecule is CCCCC1C(=O)N(C)CCN1C(=O)c1cccc(N(C)C)c1. The molecule has 2 rings (SSSR count). The molecule has 0 radical (unpaired) electrons. The van der Waals surface area contributed by atoms with Gasteiger partial charge in [0.05, 0.1) is 0 Å². The smallest absolute Gasteiger partial charge is 0.254 e. The second kappa shape index (κ2) is 7.49. The minimum Gasteiger partial charge on any atom is -0.378 e. The van der Waals surface area contributed by atoms with E-state index in [0.717, 1.165) is 24.9 Å². The Labute approximate surface area is 138 Å². The van der Waals surface area contributed by atoms with Crippen LogP contribution in [0.2, 0.25) is 0 Å². The first-order valence-corrected chi connectivity index (χ1v) is 8.29. The van der Waals surface area contributed by atoms with Gasteiger partial charge in [-0.3, -0.25) is 9.59 Å². The van der Waals surface area contributed by atoms with Crippen molar-refractivity contribution in [3.05, 3.63) is 29.8 Å². The summed E-state index contributed by atoms with van der Waals surface area (Å²) in [4.78, 5) is 30.9. The molecule has 1 unspecified atom stereocenters. The third kappa shape index (κ3) is 3.84. The Bertz CT molecular complexity index is 571. The fraction of sp³-hybridized carbons (Fsp3) is 0.556. The van der Waals surface area contributed by atoms with Crippen molar-refractivity contribution in [3.8, 4) is 0 Å². The summed E-state index contributed by atoms with van der Waals surface area (Å²) in [6.45, 7) is 3.30. The average Bonchev–Trinajstić information content (AvgIpc) is 2.55. The lowest BCUT2D eigenvalue weighted by Crippen LogP contribution is -2.57. The number of piperazine rings is 1. The van der Waals surface area contributed by atoms with Crippen molar-refractivity contribution >= 4 is 17.5 Å². The Kier molecular flexibility index (Phi) is 5.64. The van der Waals surface area contributed by atoms with Crippen LogP contribution in [0.5, 0.6) is 0 Å². The lowest BCUT2D eigenvalue weighted by Gasteiger charge is -2.39. The average molecular weight is 317 g/mol. The third-order valence-electron chi connectivity index (χ3n) is 4.42. The van der Waals surface area contributed by atoms with E-state index in [1.54, 1.807) is 9.80 Å². The number of rotatable bonds is 5. The van der Waals surface area contributed by atoms with Crippen LogP contribution in [-0.4, -0.2) is 61.9 Å².